The minimum absolute atomic E-state index is 0.473. The van der Waals surface area contributed by atoms with Gasteiger partial charge in [-0.1, -0.05) is 12.1 Å². The Morgan fingerprint density at radius 2 is 1.77 bits per heavy atom. The number of halogens is 1. The van der Waals surface area contributed by atoms with Crippen LogP contribution >= 0.6 is 0 Å². The molecule has 1 saturated heterocycles. The van der Waals surface area contributed by atoms with Crippen LogP contribution in [0.1, 0.15) is 10.4 Å². The van der Waals surface area contributed by atoms with Gasteiger partial charge in [-0.3, -0.25) is 0 Å². The van der Waals surface area contributed by atoms with E-state index in [1.807, 2.05) is 0 Å². The molecule has 1 aliphatic rings. The number of carbonyl (C=O) groups is 2. The van der Waals surface area contributed by atoms with Crippen LogP contribution in [0.3, 0.4) is 0 Å². The molecule has 1 fully saturated rings. The number of aliphatic hydroxyl groups excluding tert-OH is 3. The lowest BCUT2D eigenvalue weighted by Gasteiger charge is -2.38. The van der Waals surface area contributed by atoms with Crippen molar-refractivity contribution < 1.29 is 43.9 Å². The zero-order chi connectivity index (χ0) is 16.4. The highest BCUT2D eigenvalue weighted by Crippen LogP contribution is 2.24. The Labute approximate surface area is 123 Å². The van der Waals surface area contributed by atoms with Gasteiger partial charge in [0.15, 0.2) is 18.5 Å². The van der Waals surface area contributed by atoms with Crippen LogP contribution in [-0.4, -0.2) is 63.1 Å². The number of hydrogen-bond acceptors (Lipinski definition) is 7. The molecule has 9 heteroatoms. The van der Waals surface area contributed by atoms with E-state index in [-0.39, 0.29) is 0 Å². The highest BCUT2D eigenvalue weighted by Gasteiger charge is 2.49. The summed E-state index contributed by atoms with van der Waals surface area (Å²) >= 11 is 0. The summed E-state index contributed by atoms with van der Waals surface area (Å²) in [4.78, 5) is 22.9. The number of carboxylic acids is 1. The molecule has 1 aromatic carbocycles. The van der Waals surface area contributed by atoms with E-state index < -0.39 is 54.0 Å². The molecule has 1 aliphatic heterocycles. The molecule has 0 unspecified atom stereocenters. The van der Waals surface area contributed by atoms with Crippen molar-refractivity contribution in [2.45, 2.75) is 30.7 Å². The summed E-state index contributed by atoms with van der Waals surface area (Å²) in [6.45, 7) is 0. The Morgan fingerprint density at radius 3 is 2.36 bits per heavy atom. The number of ether oxygens (including phenoxy) is 2. The number of aliphatic carboxylic acids is 1. The van der Waals surface area contributed by atoms with Crippen molar-refractivity contribution in [3.8, 4) is 0 Å². The molecule has 0 amide bonds. The second-order valence-corrected chi connectivity index (χ2v) is 4.62. The van der Waals surface area contributed by atoms with E-state index in [1.165, 1.54) is 12.1 Å². The zero-order valence-electron chi connectivity index (χ0n) is 11.0. The minimum Gasteiger partial charge on any atom is -0.479 e. The maximum absolute atomic E-state index is 13.5. The first-order valence-electron chi connectivity index (χ1n) is 6.21. The molecular weight excluding hydrogens is 303 g/mol. The van der Waals surface area contributed by atoms with Gasteiger partial charge in [-0.2, -0.15) is 0 Å². The first kappa shape index (κ1) is 16.3. The molecule has 2 rings (SSSR count). The Kier molecular flexibility index (Phi) is 4.71. The third-order valence-corrected chi connectivity index (χ3v) is 3.14. The topological polar surface area (TPSA) is 134 Å². The van der Waals surface area contributed by atoms with E-state index in [4.69, 9.17) is 9.84 Å². The first-order valence-corrected chi connectivity index (χ1v) is 6.21. The third-order valence-electron chi connectivity index (χ3n) is 3.14. The summed E-state index contributed by atoms with van der Waals surface area (Å²) < 4.78 is 22.8. The van der Waals surface area contributed by atoms with Crippen molar-refractivity contribution >= 4 is 11.9 Å². The summed E-state index contributed by atoms with van der Waals surface area (Å²) in [5.74, 6) is -3.76. The van der Waals surface area contributed by atoms with E-state index in [0.29, 0.717) is 0 Å². The van der Waals surface area contributed by atoms with Crippen molar-refractivity contribution in [2.24, 2.45) is 0 Å². The van der Waals surface area contributed by atoms with Gasteiger partial charge in [0, 0.05) is 0 Å². The fourth-order valence-electron chi connectivity index (χ4n) is 1.99. The predicted molar refractivity (Wildman–Crippen MR) is 66.1 cm³/mol. The van der Waals surface area contributed by atoms with Gasteiger partial charge in [0.2, 0.25) is 0 Å². The Hall–Kier alpha value is -2.07. The molecule has 0 radical (unpaired) electrons. The van der Waals surface area contributed by atoms with Crippen LogP contribution in [0.15, 0.2) is 24.3 Å². The van der Waals surface area contributed by atoms with Gasteiger partial charge >= 0.3 is 11.9 Å². The number of carbonyl (C=O) groups excluding carboxylic acids is 1. The van der Waals surface area contributed by atoms with Crippen molar-refractivity contribution in [1.82, 2.24) is 0 Å². The Morgan fingerprint density at radius 1 is 1.14 bits per heavy atom. The average Bonchev–Trinajstić information content (AvgIpc) is 2.47. The SMILES string of the molecule is O=C(O[C@H]1[C@H](O)[C@@H](O)[C@H](O)O[C@@H]1C(=O)O)c1ccccc1F. The van der Waals surface area contributed by atoms with E-state index in [9.17, 15) is 29.3 Å². The van der Waals surface area contributed by atoms with Gasteiger partial charge in [0.05, 0.1) is 5.56 Å². The first-order chi connectivity index (χ1) is 10.3. The quantitative estimate of drug-likeness (QED) is 0.515. The molecule has 1 aromatic rings. The van der Waals surface area contributed by atoms with Gasteiger partial charge in [0.25, 0.3) is 0 Å². The average molecular weight is 316 g/mol. The number of carboxylic acid groups (broad SMARTS) is 1. The Balaban J connectivity index is 2.23. The van der Waals surface area contributed by atoms with E-state index >= 15 is 0 Å². The Bertz CT molecular complexity index is 577. The molecule has 0 aromatic heterocycles. The summed E-state index contributed by atoms with van der Waals surface area (Å²) in [7, 11) is 0. The van der Waals surface area contributed by atoms with Crippen LogP contribution in [0.4, 0.5) is 4.39 Å². The van der Waals surface area contributed by atoms with Crippen molar-refractivity contribution in [3.05, 3.63) is 35.6 Å². The second kappa shape index (κ2) is 6.36. The molecule has 1 heterocycles. The molecule has 0 aliphatic carbocycles. The number of aliphatic hydroxyl groups is 3. The fraction of sp³-hybridized carbons (Fsp3) is 0.385. The van der Waals surface area contributed by atoms with Crippen LogP contribution in [0.25, 0.3) is 0 Å². The molecule has 0 bridgehead atoms. The van der Waals surface area contributed by atoms with Crippen molar-refractivity contribution in [2.75, 3.05) is 0 Å². The molecule has 5 atom stereocenters. The van der Waals surface area contributed by atoms with Crippen LogP contribution in [0.2, 0.25) is 0 Å². The van der Waals surface area contributed by atoms with Crippen LogP contribution in [0, 0.1) is 5.82 Å². The summed E-state index contributed by atoms with van der Waals surface area (Å²) in [6, 6.07) is 4.80. The monoisotopic (exact) mass is 316 g/mol. The second-order valence-electron chi connectivity index (χ2n) is 4.62. The number of hydrogen-bond donors (Lipinski definition) is 4. The number of rotatable bonds is 3. The molecule has 0 spiro atoms. The maximum atomic E-state index is 13.5. The molecule has 4 N–H and O–H groups in total. The van der Waals surface area contributed by atoms with Crippen molar-refractivity contribution in [3.63, 3.8) is 0 Å². The fourth-order valence-corrected chi connectivity index (χ4v) is 1.99. The normalized spacial score (nSPS) is 31.5. The largest absolute Gasteiger partial charge is 0.479 e. The van der Waals surface area contributed by atoms with Gasteiger partial charge in [-0.25, -0.2) is 14.0 Å². The van der Waals surface area contributed by atoms with Crippen LogP contribution in [0.5, 0.6) is 0 Å². The highest BCUT2D eigenvalue weighted by molar-refractivity contribution is 5.90. The lowest BCUT2D eigenvalue weighted by Crippen LogP contribution is -2.61. The van der Waals surface area contributed by atoms with Gasteiger partial charge < -0.3 is 29.9 Å². The van der Waals surface area contributed by atoms with Crippen LogP contribution < -0.4 is 0 Å². The standard InChI is InChI=1S/C13H13FO8/c14-6-4-2-1-3-5(6)12(19)21-9-7(15)8(16)13(20)22-10(9)11(17)18/h1-4,7-10,13,15-16,20H,(H,17,18)/t7-,8-,9+,10+,13-/m1/s1. The summed E-state index contributed by atoms with van der Waals surface area (Å²) in [5, 5.41) is 37.5. The van der Waals surface area contributed by atoms with E-state index in [0.717, 1.165) is 12.1 Å². The summed E-state index contributed by atoms with van der Waals surface area (Å²) in [6.07, 6.45) is -9.48. The maximum Gasteiger partial charge on any atom is 0.341 e. The van der Waals surface area contributed by atoms with Gasteiger partial charge in [-0.05, 0) is 12.1 Å². The van der Waals surface area contributed by atoms with Crippen LogP contribution in [-0.2, 0) is 14.3 Å². The van der Waals surface area contributed by atoms with E-state index in [2.05, 4.69) is 4.74 Å². The van der Waals surface area contributed by atoms with Gasteiger partial charge in [-0.15, -0.1) is 0 Å². The smallest absolute Gasteiger partial charge is 0.341 e. The molecule has 22 heavy (non-hydrogen) atoms. The third kappa shape index (κ3) is 3.07. The lowest BCUT2D eigenvalue weighted by atomic mass is 9.98. The molecular formula is C13H13FO8. The predicted octanol–water partition coefficient (Wildman–Crippen LogP) is -1.13. The van der Waals surface area contributed by atoms with E-state index in [1.54, 1.807) is 0 Å². The molecule has 8 nitrogen and oxygen atoms in total. The highest BCUT2D eigenvalue weighted by atomic mass is 19.1. The molecule has 120 valence electrons. The lowest BCUT2D eigenvalue weighted by molar-refractivity contribution is -0.279. The minimum atomic E-state index is -1.96. The molecule has 0 saturated carbocycles. The summed E-state index contributed by atoms with van der Waals surface area (Å²) in [5.41, 5.74) is -0.473. The number of esters is 1. The zero-order valence-corrected chi connectivity index (χ0v) is 11.0. The van der Waals surface area contributed by atoms with Gasteiger partial charge in [0.1, 0.15) is 18.0 Å². The number of benzene rings is 1. The van der Waals surface area contributed by atoms with Crippen molar-refractivity contribution in [1.29, 1.82) is 0 Å².